The van der Waals surface area contributed by atoms with Crippen LogP contribution in [0.4, 0.5) is 0 Å². The van der Waals surface area contributed by atoms with E-state index in [9.17, 15) is 4.79 Å². The second kappa shape index (κ2) is 9.28. The van der Waals surface area contributed by atoms with Crippen LogP contribution < -0.4 is 0 Å². The first-order valence-electron chi connectivity index (χ1n) is 10.1. The van der Waals surface area contributed by atoms with Gasteiger partial charge in [-0.05, 0) is 19.4 Å². The maximum absolute atomic E-state index is 13.2. The van der Waals surface area contributed by atoms with Gasteiger partial charge >= 0.3 is 5.97 Å². The molecule has 0 saturated carbocycles. The lowest BCUT2D eigenvalue weighted by molar-refractivity contribution is -0.158. The summed E-state index contributed by atoms with van der Waals surface area (Å²) in [7, 11) is 0. The molecule has 2 atom stereocenters. The lowest BCUT2D eigenvalue weighted by atomic mass is 9.79. The first kappa shape index (κ1) is 21.1. The van der Waals surface area contributed by atoms with Crippen LogP contribution in [0.5, 0.6) is 0 Å². The van der Waals surface area contributed by atoms with E-state index in [0.29, 0.717) is 5.02 Å². The molecule has 3 rings (SSSR count). The Kier molecular flexibility index (Phi) is 6.76. The Hall–Kier alpha value is -2.58. The van der Waals surface area contributed by atoms with Gasteiger partial charge in [0.15, 0.2) is 5.60 Å². The summed E-state index contributed by atoms with van der Waals surface area (Å²) < 4.78 is 6.41. The molecule has 0 radical (unpaired) electrons. The summed E-state index contributed by atoms with van der Waals surface area (Å²) in [6.07, 6.45) is 1.70. The Balaban J connectivity index is 2.28. The molecule has 0 fully saturated rings. The van der Waals surface area contributed by atoms with Crippen LogP contribution in [0.1, 0.15) is 48.9 Å². The van der Waals surface area contributed by atoms with E-state index >= 15 is 0 Å². The van der Waals surface area contributed by atoms with E-state index in [0.717, 1.165) is 35.1 Å². The summed E-state index contributed by atoms with van der Waals surface area (Å²) in [5.41, 5.74) is 2.52. The molecule has 0 heterocycles. The number of hydrogen-bond acceptors (Lipinski definition) is 2. The minimum absolute atomic E-state index is 0.198. The van der Waals surface area contributed by atoms with Gasteiger partial charge in [-0.1, -0.05) is 110 Å². The Labute approximate surface area is 178 Å². The van der Waals surface area contributed by atoms with Gasteiger partial charge in [0.2, 0.25) is 0 Å². The summed E-state index contributed by atoms with van der Waals surface area (Å²) in [5.74, 6) is -0.424. The smallest absolute Gasteiger partial charge is 0.310 e. The largest absolute Gasteiger partial charge is 0.444 e. The summed E-state index contributed by atoms with van der Waals surface area (Å²) in [4.78, 5) is 13.2. The molecule has 0 N–H and O–H groups in total. The number of esters is 1. The van der Waals surface area contributed by atoms with Crippen LogP contribution in [0.3, 0.4) is 0 Å². The van der Waals surface area contributed by atoms with Gasteiger partial charge < -0.3 is 4.74 Å². The molecule has 0 bridgehead atoms. The molecule has 3 aromatic carbocycles. The highest BCUT2D eigenvalue weighted by molar-refractivity contribution is 6.31. The molecule has 2 unspecified atom stereocenters. The number of halogens is 1. The molecule has 0 amide bonds. The SMILES string of the molecule is CCCC(C)C(=O)OC(c1ccccc1)(c1ccc(C)cc1)c1ccccc1Cl. The van der Waals surface area contributed by atoms with E-state index < -0.39 is 5.60 Å². The standard InChI is InChI=1S/C26H27ClO2/c1-4-10-20(3)25(28)29-26(21-11-6-5-7-12-21,22-17-15-19(2)16-18-22)23-13-8-9-14-24(23)27/h5-9,11-18,20H,4,10H2,1-3H3. The molecule has 0 aliphatic carbocycles. The van der Waals surface area contributed by atoms with Crippen LogP contribution in [0.15, 0.2) is 78.9 Å². The number of aryl methyl sites for hydroxylation is 1. The van der Waals surface area contributed by atoms with Crippen molar-refractivity contribution in [3.8, 4) is 0 Å². The van der Waals surface area contributed by atoms with Crippen LogP contribution in [0, 0.1) is 12.8 Å². The Morgan fingerprint density at radius 3 is 2.14 bits per heavy atom. The van der Waals surface area contributed by atoms with Gasteiger partial charge in [-0.2, -0.15) is 0 Å². The molecule has 3 aromatic rings. The predicted octanol–water partition coefficient (Wildman–Crippen LogP) is 6.92. The summed E-state index contributed by atoms with van der Waals surface area (Å²) in [6.45, 7) is 6.03. The lowest BCUT2D eigenvalue weighted by Gasteiger charge is -2.36. The zero-order valence-corrected chi connectivity index (χ0v) is 17.9. The van der Waals surface area contributed by atoms with Gasteiger partial charge in [-0.25, -0.2) is 0 Å². The molecule has 0 aromatic heterocycles. The topological polar surface area (TPSA) is 26.3 Å². The maximum Gasteiger partial charge on any atom is 0.310 e. The van der Waals surface area contributed by atoms with Crippen LogP contribution in [-0.2, 0) is 15.1 Å². The van der Waals surface area contributed by atoms with Gasteiger partial charge in [0, 0.05) is 21.7 Å². The lowest BCUT2D eigenvalue weighted by Crippen LogP contribution is -2.37. The van der Waals surface area contributed by atoms with Crippen LogP contribution in [-0.4, -0.2) is 5.97 Å². The molecule has 150 valence electrons. The zero-order chi connectivity index (χ0) is 20.9. The molecule has 29 heavy (non-hydrogen) atoms. The van der Waals surface area contributed by atoms with Crippen molar-refractivity contribution in [3.05, 3.63) is 106 Å². The van der Waals surface area contributed by atoms with Gasteiger partial charge in [0.25, 0.3) is 0 Å². The normalized spacial score (nSPS) is 14.1. The zero-order valence-electron chi connectivity index (χ0n) is 17.2. The van der Waals surface area contributed by atoms with Crippen molar-refractivity contribution in [1.82, 2.24) is 0 Å². The maximum atomic E-state index is 13.2. The second-order valence-corrected chi connectivity index (χ2v) is 7.91. The fraction of sp³-hybridized carbons (Fsp3) is 0.269. The third-order valence-electron chi connectivity index (χ3n) is 5.27. The number of hydrogen-bond donors (Lipinski definition) is 0. The van der Waals surface area contributed by atoms with E-state index in [4.69, 9.17) is 16.3 Å². The van der Waals surface area contributed by atoms with Crippen molar-refractivity contribution >= 4 is 17.6 Å². The summed E-state index contributed by atoms with van der Waals surface area (Å²) in [5, 5.41) is 0.563. The van der Waals surface area contributed by atoms with Gasteiger partial charge in [0.05, 0.1) is 5.92 Å². The third-order valence-corrected chi connectivity index (χ3v) is 5.60. The number of ether oxygens (including phenoxy) is 1. The van der Waals surface area contributed by atoms with Gasteiger partial charge in [-0.15, -0.1) is 0 Å². The molecule has 0 aliphatic rings. The first-order chi connectivity index (χ1) is 14.0. The third kappa shape index (κ3) is 4.38. The number of carbonyl (C=O) groups is 1. The molecule has 0 aliphatic heterocycles. The average Bonchev–Trinajstić information content (AvgIpc) is 2.74. The minimum atomic E-state index is -1.12. The van der Waals surface area contributed by atoms with Crippen molar-refractivity contribution in [1.29, 1.82) is 0 Å². The first-order valence-corrected chi connectivity index (χ1v) is 10.5. The quantitative estimate of drug-likeness (QED) is 0.314. The highest BCUT2D eigenvalue weighted by atomic mass is 35.5. The van der Waals surface area contributed by atoms with Crippen molar-refractivity contribution in [2.45, 2.75) is 39.2 Å². The van der Waals surface area contributed by atoms with Gasteiger partial charge in [0.1, 0.15) is 0 Å². The van der Waals surface area contributed by atoms with E-state index in [1.807, 2.05) is 92.7 Å². The number of benzene rings is 3. The van der Waals surface area contributed by atoms with Crippen LogP contribution in [0.25, 0.3) is 0 Å². The fourth-order valence-corrected chi connectivity index (χ4v) is 3.93. The van der Waals surface area contributed by atoms with E-state index in [1.165, 1.54) is 0 Å². The highest BCUT2D eigenvalue weighted by Crippen LogP contribution is 2.44. The van der Waals surface area contributed by atoms with Crippen molar-refractivity contribution < 1.29 is 9.53 Å². The molecular formula is C26H27ClO2. The van der Waals surface area contributed by atoms with Gasteiger partial charge in [-0.3, -0.25) is 4.79 Å². The molecule has 3 heteroatoms. The molecule has 0 spiro atoms. The van der Waals surface area contributed by atoms with E-state index in [1.54, 1.807) is 0 Å². The van der Waals surface area contributed by atoms with Crippen molar-refractivity contribution in [2.24, 2.45) is 5.92 Å². The predicted molar refractivity (Wildman–Crippen MR) is 119 cm³/mol. The molecule has 2 nitrogen and oxygen atoms in total. The monoisotopic (exact) mass is 406 g/mol. The summed E-state index contributed by atoms with van der Waals surface area (Å²) >= 11 is 6.67. The fourth-order valence-electron chi connectivity index (χ4n) is 3.66. The second-order valence-electron chi connectivity index (χ2n) is 7.50. The number of carbonyl (C=O) groups excluding carboxylic acids is 1. The minimum Gasteiger partial charge on any atom is -0.444 e. The van der Waals surface area contributed by atoms with Crippen molar-refractivity contribution in [3.63, 3.8) is 0 Å². The van der Waals surface area contributed by atoms with Crippen LogP contribution >= 0.6 is 11.6 Å². The Morgan fingerprint density at radius 2 is 1.52 bits per heavy atom. The Morgan fingerprint density at radius 1 is 0.931 bits per heavy atom. The number of rotatable bonds is 7. The van der Waals surface area contributed by atoms with E-state index in [-0.39, 0.29) is 11.9 Å². The van der Waals surface area contributed by atoms with Crippen LogP contribution in [0.2, 0.25) is 5.02 Å². The summed E-state index contributed by atoms with van der Waals surface area (Å²) in [6, 6.07) is 25.5. The van der Waals surface area contributed by atoms with Crippen molar-refractivity contribution in [2.75, 3.05) is 0 Å². The average molecular weight is 407 g/mol. The Bertz CT molecular complexity index is 950. The van der Waals surface area contributed by atoms with E-state index in [2.05, 4.69) is 6.92 Å². The molecular weight excluding hydrogens is 380 g/mol. The molecule has 0 saturated heterocycles. The highest BCUT2D eigenvalue weighted by Gasteiger charge is 2.42.